The van der Waals surface area contributed by atoms with Gasteiger partial charge in [-0.2, -0.15) is 0 Å². The number of nitro benzene ring substituents is 1. The monoisotopic (exact) mass is 299 g/mol. The van der Waals surface area contributed by atoms with Gasteiger partial charge in [-0.3, -0.25) is 14.9 Å². The topological polar surface area (TPSA) is 93.5 Å². The predicted molar refractivity (Wildman–Crippen MR) is 74.0 cm³/mol. The van der Waals surface area contributed by atoms with Crippen molar-refractivity contribution in [1.82, 2.24) is 5.32 Å². The highest BCUT2D eigenvalue weighted by Gasteiger charge is 2.33. The van der Waals surface area contributed by atoms with Gasteiger partial charge in [0.2, 0.25) is 5.91 Å². The molecule has 0 bridgehead atoms. The molecule has 1 fully saturated rings. The van der Waals surface area contributed by atoms with Crippen LogP contribution in [0, 0.1) is 10.1 Å². The highest BCUT2D eigenvalue weighted by Crippen LogP contribution is 2.27. The molecule has 1 saturated heterocycles. The van der Waals surface area contributed by atoms with Gasteiger partial charge in [0.25, 0.3) is 5.69 Å². The van der Waals surface area contributed by atoms with Crippen LogP contribution in [-0.4, -0.2) is 36.1 Å². The zero-order chi connectivity index (χ0) is 14.8. The van der Waals surface area contributed by atoms with Gasteiger partial charge in [0.05, 0.1) is 10.5 Å². The number of benzene rings is 1. The van der Waals surface area contributed by atoms with E-state index in [1.807, 2.05) is 6.92 Å². The van der Waals surface area contributed by atoms with Gasteiger partial charge in [0.1, 0.15) is 11.6 Å². The van der Waals surface area contributed by atoms with Gasteiger partial charge < -0.3 is 15.4 Å². The van der Waals surface area contributed by atoms with Gasteiger partial charge in [-0.25, -0.2) is 0 Å². The summed E-state index contributed by atoms with van der Waals surface area (Å²) in [5, 5.41) is 16.4. The first-order valence-corrected chi connectivity index (χ1v) is 6.36. The number of anilines is 1. The standard InChI is InChI=1S/C12H14ClN3O4/c1-12(6-14-7-12)20-5-11(17)15-8-2-3-9(13)10(4-8)16(18)19/h2-4,14H,5-7H2,1H3,(H,15,17). The molecule has 20 heavy (non-hydrogen) atoms. The third-order valence-corrected chi connectivity index (χ3v) is 3.30. The van der Waals surface area contributed by atoms with Crippen LogP contribution in [0.3, 0.4) is 0 Å². The lowest BCUT2D eigenvalue weighted by Gasteiger charge is -2.38. The fourth-order valence-electron chi connectivity index (χ4n) is 1.75. The van der Waals surface area contributed by atoms with Crippen LogP contribution in [0.15, 0.2) is 18.2 Å². The van der Waals surface area contributed by atoms with Gasteiger partial charge in [0.15, 0.2) is 0 Å². The molecule has 1 amide bonds. The van der Waals surface area contributed by atoms with Gasteiger partial charge in [-0.15, -0.1) is 0 Å². The van der Waals surface area contributed by atoms with Crippen LogP contribution in [0.1, 0.15) is 6.92 Å². The lowest BCUT2D eigenvalue weighted by molar-refractivity contribution is -0.384. The number of amides is 1. The SMILES string of the molecule is CC1(OCC(=O)Nc2ccc(Cl)c([N+](=O)[O-])c2)CNC1. The molecular formula is C12H14ClN3O4. The van der Waals surface area contributed by atoms with Crippen molar-refractivity contribution in [2.45, 2.75) is 12.5 Å². The summed E-state index contributed by atoms with van der Waals surface area (Å²) in [4.78, 5) is 21.8. The second-order valence-electron chi connectivity index (χ2n) is 4.81. The Morgan fingerprint density at radius 2 is 2.30 bits per heavy atom. The van der Waals surface area contributed by atoms with E-state index in [1.54, 1.807) is 0 Å². The molecule has 2 rings (SSSR count). The smallest absolute Gasteiger partial charge is 0.289 e. The average molecular weight is 300 g/mol. The van der Waals surface area contributed by atoms with Crippen molar-refractivity contribution in [2.24, 2.45) is 0 Å². The second kappa shape index (κ2) is 5.74. The third-order valence-electron chi connectivity index (χ3n) is 2.98. The first-order chi connectivity index (χ1) is 9.39. The minimum atomic E-state index is -0.602. The lowest BCUT2D eigenvalue weighted by Crippen LogP contribution is -2.59. The number of nitrogens with zero attached hydrogens (tertiary/aromatic N) is 1. The summed E-state index contributed by atoms with van der Waals surface area (Å²) < 4.78 is 5.47. The van der Waals surface area contributed by atoms with Crippen molar-refractivity contribution in [2.75, 3.05) is 25.0 Å². The molecule has 7 nitrogen and oxygen atoms in total. The molecule has 108 valence electrons. The Hall–Kier alpha value is -1.70. The van der Waals surface area contributed by atoms with E-state index in [-0.39, 0.29) is 28.8 Å². The summed E-state index contributed by atoms with van der Waals surface area (Å²) in [6, 6.07) is 4.08. The van der Waals surface area contributed by atoms with Crippen molar-refractivity contribution in [3.05, 3.63) is 33.3 Å². The number of hydrogen-bond acceptors (Lipinski definition) is 5. The Morgan fingerprint density at radius 1 is 1.60 bits per heavy atom. The fourth-order valence-corrected chi connectivity index (χ4v) is 1.93. The van der Waals surface area contributed by atoms with E-state index in [2.05, 4.69) is 10.6 Å². The van der Waals surface area contributed by atoms with Crippen LogP contribution in [0.25, 0.3) is 0 Å². The highest BCUT2D eigenvalue weighted by molar-refractivity contribution is 6.32. The summed E-state index contributed by atoms with van der Waals surface area (Å²) in [7, 11) is 0. The van der Waals surface area contributed by atoms with Gasteiger partial charge in [-0.05, 0) is 19.1 Å². The zero-order valence-corrected chi connectivity index (χ0v) is 11.6. The molecule has 2 N–H and O–H groups in total. The van der Waals surface area contributed by atoms with Crippen LogP contribution in [0.5, 0.6) is 0 Å². The van der Waals surface area contributed by atoms with Crippen LogP contribution in [0.2, 0.25) is 5.02 Å². The second-order valence-corrected chi connectivity index (χ2v) is 5.22. The molecule has 0 aliphatic carbocycles. The molecule has 0 spiro atoms. The Balaban J connectivity index is 1.94. The number of carbonyl (C=O) groups is 1. The molecule has 1 aromatic rings. The van der Waals surface area contributed by atoms with Crippen molar-refractivity contribution in [1.29, 1.82) is 0 Å². The molecule has 0 radical (unpaired) electrons. The lowest BCUT2D eigenvalue weighted by atomic mass is 10.0. The molecule has 0 saturated carbocycles. The van der Waals surface area contributed by atoms with Crippen molar-refractivity contribution < 1.29 is 14.5 Å². The minimum Gasteiger partial charge on any atom is -0.363 e. The van der Waals surface area contributed by atoms with E-state index < -0.39 is 4.92 Å². The quantitative estimate of drug-likeness (QED) is 0.636. The number of carbonyl (C=O) groups excluding carboxylic acids is 1. The minimum absolute atomic E-state index is 0.0253. The van der Waals surface area contributed by atoms with Crippen LogP contribution >= 0.6 is 11.6 Å². The van der Waals surface area contributed by atoms with E-state index in [0.29, 0.717) is 18.8 Å². The summed E-state index contributed by atoms with van der Waals surface area (Å²) in [5.41, 5.74) is -0.254. The molecular weight excluding hydrogens is 286 g/mol. The molecule has 1 aromatic carbocycles. The first kappa shape index (κ1) is 14.7. The fraction of sp³-hybridized carbons (Fsp3) is 0.417. The number of nitro groups is 1. The van der Waals surface area contributed by atoms with Crippen LogP contribution < -0.4 is 10.6 Å². The van der Waals surface area contributed by atoms with Crippen LogP contribution in [0.4, 0.5) is 11.4 Å². The van der Waals surface area contributed by atoms with Gasteiger partial charge in [0, 0.05) is 24.8 Å². The normalized spacial score (nSPS) is 16.3. The number of nitrogens with one attached hydrogen (secondary N) is 2. The maximum Gasteiger partial charge on any atom is 0.289 e. The zero-order valence-electron chi connectivity index (χ0n) is 10.8. The Labute approximate surface area is 120 Å². The molecule has 1 aliphatic rings. The van der Waals surface area contributed by atoms with E-state index in [9.17, 15) is 14.9 Å². The molecule has 8 heteroatoms. The van der Waals surface area contributed by atoms with Crippen molar-refractivity contribution in [3.8, 4) is 0 Å². The number of ether oxygens (including phenoxy) is 1. The number of halogens is 1. The largest absolute Gasteiger partial charge is 0.363 e. The van der Waals surface area contributed by atoms with Gasteiger partial charge in [-0.1, -0.05) is 11.6 Å². The summed E-state index contributed by atoms with van der Waals surface area (Å²) in [5.74, 6) is -0.366. The van der Waals surface area contributed by atoms with E-state index in [4.69, 9.17) is 16.3 Å². The Morgan fingerprint density at radius 3 is 2.85 bits per heavy atom. The van der Waals surface area contributed by atoms with E-state index >= 15 is 0 Å². The van der Waals surface area contributed by atoms with Gasteiger partial charge >= 0.3 is 0 Å². The highest BCUT2D eigenvalue weighted by atomic mass is 35.5. The van der Waals surface area contributed by atoms with Crippen molar-refractivity contribution >= 4 is 28.9 Å². The Bertz CT molecular complexity index is 546. The first-order valence-electron chi connectivity index (χ1n) is 5.98. The summed E-state index contributed by atoms with van der Waals surface area (Å²) in [6.45, 7) is 3.21. The number of hydrogen-bond donors (Lipinski definition) is 2. The van der Waals surface area contributed by atoms with Crippen molar-refractivity contribution in [3.63, 3.8) is 0 Å². The van der Waals surface area contributed by atoms with Crippen LogP contribution in [-0.2, 0) is 9.53 Å². The summed E-state index contributed by atoms with van der Waals surface area (Å²) in [6.07, 6.45) is 0. The molecule has 1 heterocycles. The third kappa shape index (κ3) is 3.44. The van der Waals surface area contributed by atoms with E-state index in [0.717, 1.165) is 0 Å². The molecule has 0 aromatic heterocycles. The maximum absolute atomic E-state index is 11.7. The molecule has 0 atom stereocenters. The van der Waals surface area contributed by atoms with E-state index in [1.165, 1.54) is 18.2 Å². The maximum atomic E-state index is 11.7. The molecule has 0 unspecified atom stereocenters. The number of rotatable bonds is 5. The predicted octanol–water partition coefficient (Wildman–Crippen LogP) is 1.57. The Kier molecular flexibility index (Phi) is 4.22. The molecule has 1 aliphatic heterocycles. The summed E-state index contributed by atoms with van der Waals surface area (Å²) >= 11 is 5.69. The average Bonchev–Trinajstić information content (AvgIpc) is 2.36.